The van der Waals surface area contributed by atoms with Gasteiger partial charge in [0.1, 0.15) is 5.71 Å². The van der Waals surface area contributed by atoms with Gasteiger partial charge in [0, 0.05) is 56.0 Å². The van der Waals surface area contributed by atoms with E-state index < -0.39 is 0 Å². The van der Waals surface area contributed by atoms with Crippen molar-refractivity contribution in [3.63, 3.8) is 0 Å². The molecule has 150 valence electrons. The van der Waals surface area contributed by atoms with Crippen LogP contribution < -0.4 is 5.32 Å². The Balaban J connectivity index is 1.36. The number of carbonyl (C=O) groups is 2. The lowest BCUT2D eigenvalue weighted by molar-refractivity contribution is -0.116. The predicted octanol–water partition coefficient (Wildman–Crippen LogP) is 2.21. The van der Waals surface area contributed by atoms with Crippen molar-refractivity contribution in [3.8, 4) is 0 Å². The summed E-state index contributed by atoms with van der Waals surface area (Å²) in [6, 6.07) is 15.1. The Hall–Kier alpha value is -3.19. The third-order valence-corrected chi connectivity index (χ3v) is 5.51. The van der Waals surface area contributed by atoms with Crippen LogP contribution in [-0.4, -0.2) is 65.3 Å². The Morgan fingerprint density at radius 2 is 1.76 bits per heavy atom. The zero-order valence-corrected chi connectivity index (χ0v) is 16.2. The fraction of sp³-hybridized carbons (Fsp3) is 0.318. The van der Waals surface area contributed by atoms with Crippen LogP contribution in [0.4, 0.5) is 5.69 Å². The van der Waals surface area contributed by atoms with Gasteiger partial charge in [0.25, 0.3) is 5.91 Å². The van der Waals surface area contributed by atoms with Gasteiger partial charge in [-0.3, -0.25) is 14.5 Å². The van der Waals surface area contributed by atoms with Crippen LogP contribution in [0.25, 0.3) is 0 Å². The number of amides is 2. The van der Waals surface area contributed by atoms with Crippen LogP contribution >= 0.6 is 0 Å². The predicted molar refractivity (Wildman–Crippen MR) is 111 cm³/mol. The monoisotopic (exact) mass is 392 g/mol. The van der Waals surface area contributed by atoms with Gasteiger partial charge in [0.15, 0.2) is 0 Å². The van der Waals surface area contributed by atoms with E-state index in [0.717, 1.165) is 29.9 Å². The van der Waals surface area contributed by atoms with Crippen molar-refractivity contribution in [3.05, 3.63) is 65.2 Å². The molecule has 7 heteroatoms. The van der Waals surface area contributed by atoms with Crippen molar-refractivity contribution >= 4 is 23.2 Å². The van der Waals surface area contributed by atoms with Gasteiger partial charge >= 0.3 is 0 Å². The van der Waals surface area contributed by atoms with Gasteiger partial charge in [-0.05, 0) is 30.2 Å². The summed E-state index contributed by atoms with van der Waals surface area (Å²) in [6.45, 7) is 3.23. The number of nitrogens with zero attached hydrogens (tertiary/aromatic N) is 3. The molecule has 7 nitrogen and oxygen atoms in total. The SMILES string of the molecule is O=C1CCc2cc(C(=O)N3CCN(C/C(=N/O)c4ccccc4)CC3)ccc2N1. The maximum Gasteiger partial charge on any atom is 0.253 e. The van der Waals surface area contributed by atoms with Crippen LogP contribution in [0.15, 0.2) is 53.7 Å². The summed E-state index contributed by atoms with van der Waals surface area (Å²) in [7, 11) is 0. The summed E-state index contributed by atoms with van der Waals surface area (Å²) in [5.74, 6) is 0.0393. The third kappa shape index (κ3) is 4.30. The number of benzene rings is 2. The molecule has 2 heterocycles. The molecule has 2 aromatic carbocycles. The molecule has 1 saturated heterocycles. The Labute approximate surface area is 169 Å². The summed E-state index contributed by atoms with van der Waals surface area (Å²) in [6.07, 6.45) is 1.12. The number of fused-ring (bicyclic) bond motifs is 1. The number of rotatable bonds is 4. The molecule has 0 unspecified atom stereocenters. The molecular formula is C22H24N4O3. The highest BCUT2D eigenvalue weighted by Gasteiger charge is 2.24. The zero-order valence-electron chi connectivity index (χ0n) is 16.2. The molecule has 2 N–H and O–H groups in total. The summed E-state index contributed by atoms with van der Waals surface area (Å²) < 4.78 is 0. The van der Waals surface area contributed by atoms with Crippen molar-refractivity contribution in [2.45, 2.75) is 12.8 Å². The third-order valence-electron chi connectivity index (χ3n) is 5.51. The Kier molecular flexibility index (Phi) is 5.57. The molecule has 4 rings (SSSR count). The minimum absolute atomic E-state index is 0.0171. The van der Waals surface area contributed by atoms with E-state index in [1.165, 1.54) is 0 Å². The first-order valence-corrected chi connectivity index (χ1v) is 9.85. The first-order valence-electron chi connectivity index (χ1n) is 9.85. The number of hydrogen-bond donors (Lipinski definition) is 2. The second kappa shape index (κ2) is 8.45. The van der Waals surface area contributed by atoms with Gasteiger partial charge in [0.2, 0.25) is 5.91 Å². The Morgan fingerprint density at radius 3 is 2.48 bits per heavy atom. The molecule has 0 bridgehead atoms. The molecule has 2 amide bonds. The average Bonchev–Trinajstić information content (AvgIpc) is 2.77. The summed E-state index contributed by atoms with van der Waals surface area (Å²) in [5, 5.41) is 15.7. The molecule has 0 radical (unpaired) electrons. The lowest BCUT2D eigenvalue weighted by atomic mass is 10.00. The fourth-order valence-electron chi connectivity index (χ4n) is 3.83. The molecule has 0 atom stereocenters. The van der Waals surface area contributed by atoms with Crippen molar-refractivity contribution in [1.82, 2.24) is 9.80 Å². The minimum atomic E-state index is 0.0171. The normalized spacial score (nSPS) is 17.6. The molecule has 0 aliphatic carbocycles. The number of aryl methyl sites for hydroxylation is 1. The van der Waals surface area contributed by atoms with Crippen LogP contribution in [0.3, 0.4) is 0 Å². The van der Waals surface area contributed by atoms with Crippen LogP contribution in [0.1, 0.15) is 27.9 Å². The maximum atomic E-state index is 12.9. The van der Waals surface area contributed by atoms with Crippen LogP contribution in [0.2, 0.25) is 0 Å². The van der Waals surface area contributed by atoms with Crippen molar-refractivity contribution in [2.24, 2.45) is 5.16 Å². The lowest BCUT2D eigenvalue weighted by Crippen LogP contribution is -2.50. The summed E-state index contributed by atoms with van der Waals surface area (Å²) in [4.78, 5) is 28.5. The van der Waals surface area contributed by atoms with E-state index >= 15 is 0 Å². The Morgan fingerprint density at radius 1 is 1.00 bits per heavy atom. The fourth-order valence-corrected chi connectivity index (χ4v) is 3.83. The molecule has 0 aromatic heterocycles. The van der Waals surface area contributed by atoms with E-state index in [1.807, 2.05) is 47.4 Å². The smallest absolute Gasteiger partial charge is 0.253 e. The standard InChI is InChI=1S/C22H24N4O3/c27-21-9-7-17-14-18(6-8-19(17)23-21)22(28)26-12-10-25(11-13-26)15-20(24-29)16-4-2-1-3-5-16/h1-6,8,14,29H,7,9-13,15H2,(H,23,27)/b24-20-. The number of piperazine rings is 1. The van der Waals surface area contributed by atoms with E-state index in [0.29, 0.717) is 43.8 Å². The van der Waals surface area contributed by atoms with Gasteiger partial charge in [-0.25, -0.2) is 0 Å². The van der Waals surface area contributed by atoms with Gasteiger partial charge in [-0.15, -0.1) is 0 Å². The van der Waals surface area contributed by atoms with Crippen molar-refractivity contribution < 1.29 is 14.8 Å². The molecule has 2 aliphatic heterocycles. The zero-order chi connectivity index (χ0) is 20.2. The number of carbonyl (C=O) groups excluding carboxylic acids is 2. The van der Waals surface area contributed by atoms with Crippen LogP contribution in [0, 0.1) is 0 Å². The van der Waals surface area contributed by atoms with E-state index in [1.54, 1.807) is 6.07 Å². The average molecular weight is 392 g/mol. The highest BCUT2D eigenvalue weighted by molar-refractivity contribution is 6.01. The van der Waals surface area contributed by atoms with Crippen molar-refractivity contribution in [2.75, 3.05) is 38.0 Å². The topological polar surface area (TPSA) is 85.2 Å². The van der Waals surface area contributed by atoms with Crippen LogP contribution in [-0.2, 0) is 11.2 Å². The van der Waals surface area contributed by atoms with E-state index in [2.05, 4.69) is 15.4 Å². The first-order chi connectivity index (χ1) is 14.1. The highest BCUT2D eigenvalue weighted by atomic mass is 16.4. The molecule has 0 saturated carbocycles. The van der Waals surface area contributed by atoms with E-state index in [4.69, 9.17) is 0 Å². The minimum Gasteiger partial charge on any atom is -0.411 e. The summed E-state index contributed by atoms with van der Waals surface area (Å²) in [5.41, 5.74) is 4.01. The highest BCUT2D eigenvalue weighted by Crippen LogP contribution is 2.24. The van der Waals surface area contributed by atoms with E-state index in [9.17, 15) is 14.8 Å². The molecule has 0 spiro atoms. The van der Waals surface area contributed by atoms with Gasteiger partial charge in [-0.2, -0.15) is 0 Å². The van der Waals surface area contributed by atoms with Crippen molar-refractivity contribution in [1.29, 1.82) is 0 Å². The van der Waals surface area contributed by atoms with Crippen LogP contribution in [0.5, 0.6) is 0 Å². The number of hydrogen-bond acceptors (Lipinski definition) is 5. The number of oxime groups is 1. The second-order valence-electron chi connectivity index (χ2n) is 7.40. The maximum absolute atomic E-state index is 12.9. The van der Waals surface area contributed by atoms with Gasteiger partial charge in [0.05, 0.1) is 0 Å². The summed E-state index contributed by atoms with van der Waals surface area (Å²) >= 11 is 0. The van der Waals surface area contributed by atoms with Gasteiger partial charge < -0.3 is 15.4 Å². The lowest BCUT2D eigenvalue weighted by Gasteiger charge is -2.35. The molecule has 29 heavy (non-hydrogen) atoms. The number of anilines is 1. The molecular weight excluding hydrogens is 368 g/mol. The second-order valence-corrected chi connectivity index (χ2v) is 7.40. The quantitative estimate of drug-likeness (QED) is 0.475. The number of nitrogens with one attached hydrogen (secondary N) is 1. The molecule has 1 fully saturated rings. The largest absolute Gasteiger partial charge is 0.411 e. The van der Waals surface area contributed by atoms with Gasteiger partial charge in [-0.1, -0.05) is 35.5 Å². The molecule has 2 aromatic rings. The van der Waals surface area contributed by atoms with E-state index in [-0.39, 0.29) is 11.8 Å². The Bertz CT molecular complexity index is 934. The molecule has 2 aliphatic rings. The first kappa shape index (κ1) is 19.1.